The number of carbonyl (C=O) groups is 1. The third-order valence-corrected chi connectivity index (χ3v) is 2.91. The van der Waals surface area contributed by atoms with E-state index in [4.69, 9.17) is 0 Å². The molecule has 1 aliphatic carbocycles. The van der Waals surface area contributed by atoms with Crippen LogP contribution in [0.25, 0.3) is 0 Å². The molecule has 0 bridgehead atoms. The topological polar surface area (TPSA) is 83.6 Å². The molecule has 0 unspecified atom stereocenters. The molecule has 2 aromatic heterocycles. The average molecular weight is 229 g/mol. The van der Waals surface area contributed by atoms with E-state index in [2.05, 4.69) is 25.7 Å². The van der Waals surface area contributed by atoms with Gasteiger partial charge < -0.3 is 5.32 Å². The maximum absolute atomic E-state index is 11.8. The molecule has 0 aliphatic heterocycles. The van der Waals surface area contributed by atoms with Crippen molar-refractivity contribution in [3.63, 3.8) is 0 Å². The minimum atomic E-state index is -0.220. The Kier molecular flexibility index (Phi) is 2.32. The highest BCUT2D eigenvalue weighted by Gasteiger charge is 2.25. The molecular weight excluding hydrogens is 218 g/mol. The van der Waals surface area contributed by atoms with Gasteiger partial charge in [-0.05, 0) is 24.5 Å². The molecule has 0 saturated heterocycles. The van der Waals surface area contributed by atoms with Gasteiger partial charge in [-0.3, -0.25) is 9.78 Å². The summed E-state index contributed by atoms with van der Waals surface area (Å²) in [7, 11) is 0. The summed E-state index contributed by atoms with van der Waals surface area (Å²) in [5.74, 6) is -0.220. The largest absolute Gasteiger partial charge is 0.342 e. The van der Waals surface area contributed by atoms with Crippen LogP contribution in [0.1, 0.15) is 34.2 Å². The number of fused-ring (bicyclic) bond motifs is 1. The number of hydrogen-bond donors (Lipinski definition) is 2. The van der Waals surface area contributed by atoms with Crippen molar-refractivity contribution >= 4 is 5.91 Å². The van der Waals surface area contributed by atoms with Gasteiger partial charge in [0.25, 0.3) is 5.91 Å². The zero-order chi connectivity index (χ0) is 11.7. The molecule has 6 heteroatoms. The molecule has 1 atom stereocenters. The summed E-state index contributed by atoms with van der Waals surface area (Å²) in [5, 5.41) is 12.7. The molecule has 86 valence electrons. The molecule has 0 aromatic carbocycles. The third-order valence-electron chi connectivity index (χ3n) is 2.91. The lowest BCUT2D eigenvalue weighted by Crippen LogP contribution is -2.27. The van der Waals surface area contributed by atoms with E-state index in [1.54, 1.807) is 6.20 Å². The number of aromatic amines is 1. The molecule has 2 N–H and O–H groups in total. The van der Waals surface area contributed by atoms with Gasteiger partial charge in [-0.1, -0.05) is 6.07 Å². The smallest absolute Gasteiger partial charge is 0.273 e. The minimum Gasteiger partial charge on any atom is -0.342 e. The van der Waals surface area contributed by atoms with Gasteiger partial charge in [0.15, 0.2) is 5.69 Å². The van der Waals surface area contributed by atoms with E-state index in [-0.39, 0.29) is 11.9 Å². The monoisotopic (exact) mass is 229 g/mol. The van der Waals surface area contributed by atoms with E-state index in [0.717, 1.165) is 18.5 Å². The lowest BCUT2D eigenvalue weighted by molar-refractivity contribution is 0.0931. The molecule has 0 spiro atoms. The number of pyridine rings is 1. The van der Waals surface area contributed by atoms with Crippen molar-refractivity contribution in [3.05, 3.63) is 41.5 Å². The number of hydrogen-bond acceptors (Lipinski definition) is 4. The van der Waals surface area contributed by atoms with Crippen molar-refractivity contribution in [1.29, 1.82) is 0 Å². The van der Waals surface area contributed by atoms with Crippen LogP contribution in [-0.4, -0.2) is 26.3 Å². The molecule has 0 radical (unpaired) electrons. The van der Waals surface area contributed by atoms with Gasteiger partial charge in [0.05, 0.1) is 17.9 Å². The Balaban J connectivity index is 1.78. The van der Waals surface area contributed by atoms with E-state index in [1.165, 1.54) is 11.8 Å². The fourth-order valence-electron chi connectivity index (χ4n) is 2.10. The highest BCUT2D eigenvalue weighted by Crippen LogP contribution is 2.28. The van der Waals surface area contributed by atoms with Gasteiger partial charge in [0.2, 0.25) is 0 Å². The maximum atomic E-state index is 11.8. The van der Waals surface area contributed by atoms with Crippen LogP contribution in [-0.2, 0) is 6.42 Å². The second kappa shape index (κ2) is 3.97. The summed E-state index contributed by atoms with van der Waals surface area (Å²) in [6, 6.07) is 3.95. The summed E-state index contributed by atoms with van der Waals surface area (Å²) < 4.78 is 0. The zero-order valence-electron chi connectivity index (χ0n) is 9.05. The van der Waals surface area contributed by atoms with Crippen LogP contribution in [0.2, 0.25) is 0 Å². The van der Waals surface area contributed by atoms with Gasteiger partial charge in [-0.25, -0.2) is 0 Å². The summed E-state index contributed by atoms with van der Waals surface area (Å²) in [6.45, 7) is 0. The Morgan fingerprint density at radius 2 is 2.47 bits per heavy atom. The van der Waals surface area contributed by atoms with Crippen LogP contribution in [0.3, 0.4) is 0 Å². The fourth-order valence-corrected chi connectivity index (χ4v) is 2.10. The predicted octanol–water partition coefficient (Wildman–Crippen LogP) is 0.617. The van der Waals surface area contributed by atoms with Crippen molar-refractivity contribution in [1.82, 2.24) is 25.7 Å². The highest BCUT2D eigenvalue weighted by molar-refractivity contribution is 5.92. The third kappa shape index (κ3) is 1.77. The van der Waals surface area contributed by atoms with E-state index in [9.17, 15) is 4.79 Å². The normalized spacial score (nSPS) is 17.8. The number of aromatic nitrogens is 4. The van der Waals surface area contributed by atoms with Crippen LogP contribution in [0.15, 0.2) is 24.5 Å². The lowest BCUT2D eigenvalue weighted by atomic mass is 10.2. The SMILES string of the molecule is O=C(N[C@@H]1CCc2cccnc21)c1cn[nH]n1. The Morgan fingerprint density at radius 3 is 3.29 bits per heavy atom. The first-order valence-corrected chi connectivity index (χ1v) is 5.45. The van der Waals surface area contributed by atoms with Gasteiger partial charge in [-0.2, -0.15) is 15.4 Å². The van der Waals surface area contributed by atoms with E-state index >= 15 is 0 Å². The van der Waals surface area contributed by atoms with Gasteiger partial charge in [0.1, 0.15) is 0 Å². The van der Waals surface area contributed by atoms with Crippen LogP contribution in [0.5, 0.6) is 0 Å². The van der Waals surface area contributed by atoms with E-state index in [0.29, 0.717) is 5.69 Å². The molecule has 17 heavy (non-hydrogen) atoms. The number of nitrogens with zero attached hydrogens (tertiary/aromatic N) is 3. The summed E-state index contributed by atoms with van der Waals surface area (Å²) in [4.78, 5) is 16.1. The second-order valence-corrected chi connectivity index (χ2v) is 3.97. The highest BCUT2D eigenvalue weighted by atomic mass is 16.2. The van der Waals surface area contributed by atoms with E-state index < -0.39 is 0 Å². The van der Waals surface area contributed by atoms with Crippen molar-refractivity contribution in [3.8, 4) is 0 Å². The summed E-state index contributed by atoms with van der Waals surface area (Å²) in [6.07, 6.45) is 4.99. The predicted molar refractivity (Wildman–Crippen MR) is 59.1 cm³/mol. The standard InChI is InChI=1S/C11H11N5O/c17-11(9-6-13-16-15-9)14-8-4-3-7-2-1-5-12-10(7)8/h1-2,5-6,8H,3-4H2,(H,14,17)(H,13,15,16)/t8-/m1/s1. The zero-order valence-corrected chi connectivity index (χ0v) is 9.05. The molecule has 0 saturated carbocycles. The van der Waals surface area contributed by atoms with Crippen LogP contribution >= 0.6 is 0 Å². The molecule has 1 amide bonds. The first-order valence-electron chi connectivity index (χ1n) is 5.45. The molecule has 0 fully saturated rings. The first kappa shape index (κ1) is 9.95. The summed E-state index contributed by atoms with van der Waals surface area (Å²) in [5.41, 5.74) is 2.47. The van der Waals surface area contributed by atoms with Crippen LogP contribution < -0.4 is 5.32 Å². The maximum Gasteiger partial charge on any atom is 0.273 e. The number of rotatable bonds is 2. The van der Waals surface area contributed by atoms with Gasteiger partial charge >= 0.3 is 0 Å². The first-order chi connectivity index (χ1) is 8.34. The van der Waals surface area contributed by atoms with Crippen molar-refractivity contribution in [2.24, 2.45) is 0 Å². The number of H-pyrrole nitrogens is 1. The number of amides is 1. The molecule has 2 heterocycles. The Hall–Kier alpha value is -2.24. The Labute approximate surface area is 97.5 Å². The van der Waals surface area contributed by atoms with Crippen molar-refractivity contribution < 1.29 is 4.79 Å². The molecule has 3 rings (SSSR count). The van der Waals surface area contributed by atoms with E-state index in [1.807, 2.05) is 12.1 Å². The number of carbonyl (C=O) groups excluding carboxylic acids is 1. The second-order valence-electron chi connectivity index (χ2n) is 3.97. The fraction of sp³-hybridized carbons (Fsp3) is 0.273. The molecular formula is C11H11N5O. The molecule has 6 nitrogen and oxygen atoms in total. The van der Waals surface area contributed by atoms with Crippen molar-refractivity contribution in [2.75, 3.05) is 0 Å². The Bertz CT molecular complexity index is 537. The molecule has 1 aliphatic rings. The number of nitrogens with one attached hydrogen (secondary N) is 2. The molecule has 2 aromatic rings. The number of aryl methyl sites for hydroxylation is 1. The minimum absolute atomic E-state index is 0.0181. The Morgan fingerprint density at radius 1 is 1.53 bits per heavy atom. The van der Waals surface area contributed by atoms with Crippen LogP contribution in [0.4, 0.5) is 0 Å². The van der Waals surface area contributed by atoms with Gasteiger partial charge in [-0.15, -0.1) is 0 Å². The van der Waals surface area contributed by atoms with Crippen LogP contribution in [0, 0.1) is 0 Å². The summed E-state index contributed by atoms with van der Waals surface area (Å²) >= 11 is 0. The lowest BCUT2D eigenvalue weighted by Gasteiger charge is -2.11. The van der Waals surface area contributed by atoms with Gasteiger partial charge in [0, 0.05) is 6.20 Å². The van der Waals surface area contributed by atoms with Crippen molar-refractivity contribution in [2.45, 2.75) is 18.9 Å². The quantitative estimate of drug-likeness (QED) is 0.790. The average Bonchev–Trinajstić information content (AvgIpc) is 2.98.